The van der Waals surface area contributed by atoms with Gasteiger partial charge in [0.2, 0.25) is 5.91 Å². The molecule has 1 unspecified atom stereocenters. The predicted octanol–water partition coefficient (Wildman–Crippen LogP) is 1.97. The van der Waals surface area contributed by atoms with Crippen LogP contribution in [0.4, 0.5) is 0 Å². The third kappa shape index (κ3) is 5.28. The van der Waals surface area contributed by atoms with Crippen LogP contribution in [0.1, 0.15) is 11.1 Å². The van der Waals surface area contributed by atoms with Gasteiger partial charge in [0, 0.05) is 13.0 Å². The Balaban J connectivity index is 1.82. The number of benzene rings is 2. The lowest BCUT2D eigenvalue weighted by atomic mass is 10.1. The van der Waals surface area contributed by atoms with Gasteiger partial charge in [0.05, 0.1) is 26.7 Å². The van der Waals surface area contributed by atoms with E-state index in [1.165, 1.54) is 0 Å². The number of amides is 1. The van der Waals surface area contributed by atoms with Gasteiger partial charge in [-0.15, -0.1) is 0 Å². The van der Waals surface area contributed by atoms with Crippen LogP contribution in [0.15, 0.2) is 48.5 Å². The van der Waals surface area contributed by atoms with Gasteiger partial charge in [0.1, 0.15) is 0 Å². The highest BCUT2D eigenvalue weighted by molar-refractivity contribution is 5.78. The molecule has 2 aromatic carbocycles. The van der Waals surface area contributed by atoms with Crippen molar-refractivity contribution in [2.75, 3.05) is 20.8 Å². The highest BCUT2D eigenvalue weighted by Crippen LogP contribution is 2.27. The van der Waals surface area contributed by atoms with Crippen LogP contribution in [-0.4, -0.2) is 37.9 Å². The predicted molar refractivity (Wildman–Crippen MR) is 92.4 cm³/mol. The first-order chi connectivity index (χ1) is 11.6. The maximum Gasteiger partial charge on any atom is 0.224 e. The Hall–Kier alpha value is -2.53. The Labute approximate surface area is 142 Å². The highest BCUT2D eigenvalue weighted by Gasteiger charge is 2.10. The molecule has 24 heavy (non-hydrogen) atoms. The smallest absolute Gasteiger partial charge is 0.224 e. The zero-order chi connectivity index (χ0) is 17.4. The van der Waals surface area contributed by atoms with E-state index in [2.05, 4.69) is 5.32 Å². The second kappa shape index (κ2) is 8.93. The third-order valence-corrected chi connectivity index (χ3v) is 3.66. The Morgan fingerprint density at radius 2 is 1.75 bits per heavy atom. The standard InChI is InChI=1S/C19H23NO4/c1-23-17-9-8-15(11-18(17)24-2)12-19(22)20-13-16(21)10-14-6-4-3-5-7-14/h3-9,11,16,21H,10,12-13H2,1-2H3,(H,20,22). The van der Waals surface area contributed by atoms with E-state index in [1.807, 2.05) is 36.4 Å². The second-order valence-electron chi connectivity index (χ2n) is 5.51. The van der Waals surface area contributed by atoms with Gasteiger partial charge in [-0.1, -0.05) is 36.4 Å². The monoisotopic (exact) mass is 329 g/mol. The number of hydrogen-bond donors (Lipinski definition) is 2. The zero-order valence-corrected chi connectivity index (χ0v) is 14.0. The summed E-state index contributed by atoms with van der Waals surface area (Å²) in [5.74, 6) is 1.07. The summed E-state index contributed by atoms with van der Waals surface area (Å²) in [6.45, 7) is 0.223. The van der Waals surface area contributed by atoms with Crippen molar-refractivity contribution in [1.82, 2.24) is 5.32 Å². The van der Waals surface area contributed by atoms with Gasteiger partial charge in [-0.05, 0) is 23.3 Å². The average molecular weight is 329 g/mol. The molecular formula is C19H23NO4. The van der Waals surface area contributed by atoms with Crippen LogP contribution in [0.25, 0.3) is 0 Å². The molecule has 0 aliphatic rings. The Bertz CT molecular complexity index is 658. The average Bonchev–Trinajstić information content (AvgIpc) is 2.60. The summed E-state index contributed by atoms with van der Waals surface area (Å²) >= 11 is 0. The van der Waals surface area contributed by atoms with Gasteiger partial charge >= 0.3 is 0 Å². The first kappa shape index (κ1) is 17.8. The molecule has 2 N–H and O–H groups in total. The molecular weight excluding hydrogens is 306 g/mol. The quantitative estimate of drug-likeness (QED) is 0.777. The van der Waals surface area contributed by atoms with Gasteiger partial charge < -0.3 is 19.9 Å². The molecule has 5 heteroatoms. The molecule has 0 heterocycles. The molecule has 0 radical (unpaired) electrons. The molecule has 1 atom stereocenters. The van der Waals surface area contributed by atoms with E-state index in [4.69, 9.17) is 9.47 Å². The van der Waals surface area contributed by atoms with Crippen LogP contribution < -0.4 is 14.8 Å². The number of aliphatic hydroxyl groups excluding tert-OH is 1. The summed E-state index contributed by atoms with van der Waals surface area (Å²) < 4.78 is 10.4. The molecule has 2 aromatic rings. The lowest BCUT2D eigenvalue weighted by Gasteiger charge is -2.13. The molecule has 5 nitrogen and oxygen atoms in total. The zero-order valence-electron chi connectivity index (χ0n) is 14.0. The molecule has 0 bridgehead atoms. The number of carbonyl (C=O) groups excluding carboxylic acids is 1. The lowest BCUT2D eigenvalue weighted by Crippen LogP contribution is -2.34. The Kier molecular flexibility index (Phi) is 6.63. The van der Waals surface area contributed by atoms with Crippen LogP contribution in [-0.2, 0) is 17.6 Å². The van der Waals surface area contributed by atoms with Crippen molar-refractivity contribution in [1.29, 1.82) is 0 Å². The molecule has 0 aliphatic carbocycles. The van der Waals surface area contributed by atoms with Crippen molar-refractivity contribution in [2.24, 2.45) is 0 Å². The van der Waals surface area contributed by atoms with Crippen molar-refractivity contribution in [3.8, 4) is 11.5 Å². The van der Waals surface area contributed by atoms with Gasteiger partial charge in [-0.3, -0.25) is 4.79 Å². The van der Waals surface area contributed by atoms with Crippen LogP contribution in [0.5, 0.6) is 11.5 Å². The normalized spacial score (nSPS) is 11.6. The van der Waals surface area contributed by atoms with Crippen LogP contribution in [0, 0.1) is 0 Å². The van der Waals surface area contributed by atoms with E-state index in [0.29, 0.717) is 17.9 Å². The fourth-order valence-corrected chi connectivity index (χ4v) is 2.43. The fraction of sp³-hybridized carbons (Fsp3) is 0.316. The highest BCUT2D eigenvalue weighted by atomic mass is 16.5. The van der Waals surface area contributed by atoms with E-state index in [1.54, 1.807) is 26.4 Å². The van der Waals surface area contributed by atoms with Gasteiger partial charge in [-0.2, -0.15) is 0 Å². The molecule has 128 valence electrons. The van der Waals surface area contributed by atoms with E-state index in [0.717, 1.165) is 11.1 Å². The van der Waals surface area contributed by atoms with Crippen molar-refractivity contribution in [3.63, 3.8) is 0 Å². The third-order valence-electron chi connectivity index (χ3n) is 3.66. The fourth-order valence-electron chi connectivity index (χ4n) is 2.43. The van der Waals surface area contributed by atoms with E-state index in [-0.39, 0.29) is 18.9 Å². The van der Waals surface area contributed by atoms with Crippen molar-refractivity contribution in [2.45, 2.75) is 18.9 Å². The van der Waals surface area contributed by atoms with Crippen LogP contribution in [0.2, 0.25) is 0 Å². The van der Waals surface area contributed by atoms with Gasteiger partial charge in [-0.25, -0.2) is 0 Å². The van der Waals surface area contributed by atoms with Crippen LogP contribution >= 0.6 is 0 Å². The SMILES string of the molecule is COc1ccc(CC(=O)NCC(O)Cc2ccccc2)cc1OC. The topological polar surface area (TPSA) is 67.8 Å². The lowest BCUT2D eigenvalue weighted by molar-refractivity contribution is -0.120. The second-order valence-corrected chi connectivity index (χ2v) is 5.51. The number of nitrogens with one attached hydrogen (secondary N) is 1. The van der Waals surface area contributed by atoms with E-state index >= 15 is 0 Å². The number of carbonyl (C=O) groups is 1. The minimum absolute atomic E-state index is 0.144. The summed E-state index contributed by atoms with van der Waals surface area (Å²) in [7, 11) is 3.13. The van der Waals surface area contributed by atoms with Crippen LogP contribution in [0.3, 0.4) is 0 Å². The minimum Gasteiger partial charge on any atom is -0.493 e. The summed E-state index contributed by atoms with van der Waals surface area (Å²) in [5.41, 5.74) is 1.86. The maximum atomic E-state index is 12.0. The Morgan fingerprint density at radius 3 is 2.42 bits per heavy atom. The first-order valence-electron chi connectivity index (χ1n) is 7.82. The molecule has 2 rings (SSSR count). The molecule has 0 spiro atoms. The largest absolute Gasteiger partial charge is 0.493 e. The first-order valence-corrected chi connectivity index (χ1v) is 7.82. The summed E-state index contributed by atoms with van der Waals surface area (Å²) in [6.07, 6.45) is 0.123. The number of hydrogen-bond acceptors (Lipinski definition) is 4. The molecule has 0 saturated carbocycles. The number of aliphatic hydroxyl groups is 1. The summed E-state index contributed by atoms with van der Waals surface area (Å²) in [4.78, 5) is 12.0. The van der Waals surface area contributed by atoms with Gasteiger partial charge in [0.25, 0.3) is 0 Å². The molecule has 0 fully saturated rings. The van der Waals surface area contributed by atoms with E-state index in [9.17, 15) is 9.90 Å². The summed E-state index contributed by atoms with van der Waals surface area (Å²) in [5, 5.41) is 12.8. The molecule has 0 aromatic heterocycles. The Morgan fingerprint density at radius 1 is 1.04 bits per heavy atom. The molecule has 1 amide bonds. The molecule has 0 aliphatic heterocycles. The van der Waals surface area contributed by atoms with E-state index < -0.39 is 6.10 Å². The maximum absolute atomic E-state index is 12.0. The number of rotatable bonds is 8. The number of ether oxygens (including phenoxy) is 2. The van der Waals surface area contributed by atoms with Crippen molar-refractivity contribution in [3.05, 3.63) is 59.7 Å². The van der Waals surface area contributed by atoms with Crippen molar-refractivity contribution < 1.29 is 19.4 Å². The van der Waals surface area contributed by atoms with Gasteiger partial charge in [0.15, 0.2) is 11.5 Å². The number of methoxy groups -OCH3 is 2. The molecule has 0 saturated heterocycles. The summed E-state index contributed by atoms with van der Waals surface area (Å²) in [6, 6.07) is 15.1. The van der Waals surface area contributed by atoms with Crippen molar-refractivity contribution >= 4 is 5.91 Å². The minimum atomic E-state index is -0.609.